The number of sulfonamides is 1. The van der Waals surface area contributed by atoms with Gasteiger partial charge in [-0.3, -0.25) is 14.5 Å². The van der Waals surface area contributed by atoms with E-state index < -0.39 is 21.7 Å². The molecule has 0 radical (unpaired) electrons. The van der Waals surface area contributed by atoms with Crippen LogP contribution in [0.1, 0.15) is 41.6 Å². The molecule has 12 nitrogen and oxygen atoms in total. The highest BCUT2D eigenvalue weighted by molar-refractivity contribution is 7.89. The van der Waals surface area contributed by atoms with E-state index in [1.165, 1.54) is 11.4 Å². The van der Waals surface area contributed by atoms with Crippen LogP contribution in [-0.4, -0.2) is 91.9 Å². The number of carbonyl (C=O) groups is 3. The normalized spacial score (nSPS) is 18.9. The zero-order chi connectivity index (χ0) is 29.1. The molecule has 0 unspecified atom stereocenters. The molecular weight excluding hydrogens is 554 g/mol. The minimum Gasteiger partial charge on any atom is -0.496 e. The van der Waals surface area contributed by atoms with Gasteiger partial charge in [0.05, 0.1) is 18.4 Å². The molecule has 13 heteroatoms. The summed E-state index contributed by atoms with van der Waals surface area (Å²) in [6.07, 6.45) is 1.41. The van der Waals surface area contributed by atoms with Crippen LogP contribution in [-0.2, 0) is 26.2 Å². The van der Waals surface area contributed by atoms with Crippen LogP contribution in [0.25, 0.3) is 0 Å². The number of rotatable bonds is 8. The van der Waals surface area contributed by atoms with Gasteiger partial charge in [-0.2, -0.15) is 0 Å². The molecule has 0 spiro atoms. The topological polar surface area (TPSA) is 143 Å². The SMILES string of the molecule is COc1cc(OC2CCN(S(=O)(=O)CC(=O)O)CC2)ccc1C(=O)N1CCC(N2C(=O)OCc3ccccc32)CC1. The summed E-state index contributed by atoms with van der Waals surface area (Å²) in [4.78, 5) is 40.3. The van der Waals surface area contributed by atoms with Crippen LogP contribution in [0.15, 0.2) is 42.5 Å². The van der Waals surface area contributed by atoms with Crippen LogP contribution >= 0.6 is 0 Å². The third kappa shape index (κ3) is 6.25. The van der Waals surface area contributed by atoms with E-state index in [1.807, 2.05) is 24.3 Å². The van der Waals surface area contributed by atoms with Gasteiger partial charge >= 0.3 is 12.1 Å². The molecule has 0 aromatic heterocycles. The Morgan fingerprint density at radius 1 is 1.02 bits per heavy atom. The number of methoxy groups -OCH3 is 1. The van der Waals surface area contributed by atoms with E-state index in [-0.39, 0.29) is 43.8 Å². The third-order valence-electron chi connectivity index (χ3n) is 7.72. The Kier molecular flexibility index (Phi) is 8.36. The molecule has 2 fully saturated rings. The Hall–Kier alpha value is -3.84. The van der Waals surface area contributed by atoms with Crippen molar-refractivity contribution in [2.45, 2.75) is 44.4 Å². The predicted molar refractivity (Wildman–Crippen MR) is 148 cm³/mol. The molecule has 220 valence electrons. The number of anilines is 1. The fourth-order valence-corrected chi connectivity index (χ4v) is 6.87. The number of benzene rings is 2. The zero-order valence-electron chi connectivity index (χ0n) is 22.7. The highest BCUT2D eigenvalue weighted by Gasteiger charge is 2.36. The number of cyclic esters (lactones) is 1. The molecule has 3 heterocycles. The summed E-state index contributed by atoms with van der Waals surface area (Å²) < 4.78 is 42.4. The van der Waals surface area contributed by atoms with Crippen molar-refractivity contribution in [1.29, 1.82) is 0 Å². The lowest BCUT2D eigenvalue weighted by Crippen LogP contribution is -2.50. The van der Waals surface area contributed by atoms with Crippen molar-refractivity contribution in [2.24, 2.45) is 0 Å². The Labute approximate surface area is 238 Å². The van der Waals surface area contributed by atoms with Crippen molar-refractivity contribution < 1.29 is 42.1 Å². The molecule has 2 amide bonds. The van der Waals surface area contributed by atoms with E-state index in [0.717, 1.165) is 11.3 Å². The molecule has 2 aromatic rings. The minimum absolute atomic E-state index is 0.0730. The predicted octanol–water partition coefficient (Wildman–Crippen LogP) is 2.71. The van der Waals surface area contributed by atoms with Gasteiger partial charge in [-0.25, -0.2) is 17.5 Å². The van der Waals surface area contributed by atoms with Crippen LogP contribution < -0.4 is 14.4 Å². The van der Waals surface area contributed by atoms with Gasteiger partial charge in [0.1, 0.15) is 24.2 Å². The van der Waals surface area contributed by atoms with E-state index in [2.05, 4.69) is 0 Å². The zero-order valence-corrected chi connectivity index (χ0v) is 23.5. The van der Waals surface area contributed by atoms with Gasteiger partial charge in [0.25, 0.3) is 5.91 Å². The Morgan fingerprint density at radius 3 is 2.41 bits per heavy atom. The van der Waals surface area contributed by atoms with Crippen LogP contribution in [0.3, 0.4) is 0 Å². The van der Waals surface area contributed by atoms with Crippen molar-refractivity contribution in [3.05, 3.63) is 53.6 Å². The standard InChI is InChI=1S/C28H33N3O9S/c1-38-25-16-22(40-21-10-14-30(15-11-21)41(36,37)18-26(32)33)6-7-23(25)27(34)29-12-8-20(9-13-29)31-24-5-3-2-4-19(24)17-39-28(31)35/h2-7,16,20-21H,8-15,17-18H2,1H3,(H,32,33). The van der Waals surface area contributed by atoms with E-state index in [0.29, 0.717) is 55.8 Å². The van der Waals surface area contributed by atoms with Gasteiger partial charge in [0, 0.05) is 43.9 Å². The second kappa shape index (κ2) is 12.0. The Morgan fingerprint density at radius 2 is 1.73 bits per heavy atom. The van der Waals surface area contributed by atoms with Gasteiger partial charge in [-0.1, -0.05) is 18.2 Å². The van der Waals surface area contributed by atoms with E-state index in [1.54, 1.807) is 28.0 Å². The van der Waals surface area contributed by atoms with Crippen LogP contribution in [0.5, 0.6) is 11.5 Å². The largest absolute Gasteiger partial charge is 0.496 e. The molecule has 0 aliphatic carbocycles. The first-order valence-corrected chi connectivity index (χ1v) is 15.1. The fraction of sp³-hybridized carbons (Fsp3) is 0.464. The highest BCUT2D eigenvalue weighted by atomic mass is 32.2. The van der Waals surface area contributed by atoms with E-state index in [9.17, 15) is 22.8 Å². The maximum Gasteiger partial charge on any atom is 0.414 e. The van der Waals surface area contributed by atoms with Crippen molar-refractivity contribution in [1.82, 2.24) is 9.21 Å². The van der Waals surface area contributed by atoms with Crippen molar-refractivity contribution in [3.63, 3.8) is 0 Å². The summed E-state index contributed by atoms with van der Waals surface area (Å²) >= 11 is 0. The molecule has 3 aliphatic rings. The lowest BCUT2D eigenvalue weighted by Gasteiger charge is -2.40. The Bertz CT molecular complexity index is 1410. The summed E-state index contributed by atoms with van der Waals surface area (Å²) in [5, 5.41) is 8.84. The quantitative estimate of drug-likeness (QED) is 0.493. The number of para-hydroxylation sites is 1. The number of aliphatic carboxylic acids is 1. The second-order valence-electron chi connectivity index (χ2n) is 10.3. The molecular formula is C28H33N3O9S. The van der Waals surface area contributed by atoms with Crippen molar-refractivity contribution in [3.8, 4) is 11.5 Å². The summed E-state index contributed by atoms with van der Waals surface area (Å²) in [7, 11) is -2.37. The third-order valence-corrected chi connectivity index (χ3v) is 9.49. The second-order valence-corrected chi connectivity index (χ2v) is 12.3. The van der Waals surface area contributed by atoms with Crippen LogP contribution in [0.4, 0.5) is 10.5 Å². The smallest absolute Gasteiger partial charge is 0.414 e. The van der Waals surface area contributed by atoms with Crippen LogP contribution in [0, 0.1) is 0 Å². The average molecular weight is 588 g/mol. The molecule has 0 bridgehead atoms. The molecule has 41 heavy (non-hydrogen) atoms. The summed E-state index contributed by atoms with van der Waals surface area (Å²) in [5.74, 6) is -1.63. The maximum atomic E-state index is 13.4. The number of carbonyl (C=O) groups excluding carboxylic acids is 2. The number of nitrogens with zero attached hydrogens (tertiary/aromatic N) is 3. The lowest BCUT2D eigenvalue weighted by atomic mass is 10.00. The van der Waals surface area contributed by atoms with Gasteiger partial charge in [-0.05, 0) is 43.9 Å². The number of fused-ring (bicyclic) bond motifs is 1. The number of carboxylic acids is 1. The molecule has 1 N–H and O–H groups in total. The molecule has 3 aliphatic heterocycles. The summed E-state index contributed by atoms with van der Waals surface area (Å²) in [6.45, 7) is 1.55. The van der Waals surface area contributed by atoms with Gasteiger partial charge < -0.3 is 24.2 Å². The van der Waals surface area contributed by atoms with Gasteiger partial charge in [0.15, 0.2) is 5.75 Å². The van der Waals surface area contributed by atoms with Crippen molar-refractivity contribution >= 4 is 33.7 Å². The maximum absolute atomic E-state index is 13.4. The number of hydrogen-bond acceptors (Lipinski definition) is 8. The van der Waals surface area contributed by atoms with Gasteiger partial charge in [-0.15, -0.1) is 0 Å². The number of piperidine rings is 2. The first kappa shape index (κ1) is 28.7. The number of hydrogen-bond donors (Lipinski definition) is 1. The number of amides is 2. The molecule has 5 rings (SSSR count). The fourth-order valence-electron chi connectivity index (χ4n) is 5.61. The molecule has 2 aromatic carbocycles. The monoisotopic (exact) mass is 587 g/mol. The van der Waals surface area contributed by atoms with Crippen molar-refractivity contribution in [2.75, 3.05) is 43.9 Å². The minimum atomic E-state index is -3.85. The lowest BCUT2D eigenvalue weighted by molar-refractivity contribution is -0.134. The Balaban J connectivity index is 1.18. The number of carboxylic acid groups (broad SMARTS) is 1. The summed E-state index contributed by atoms with van der Waals surface area (Å²) in [5.41, 5.74) is 2.22. The highest BCUT2D eigenvalue weighted by Crippen LogP contribution is 2.33. The molecule has 0 atom stereocenters. The summed E-state index contributed by atoms with van der Waals surface area (Å²) in [6, 6.07) is 12.6. The molecule has 2 saturated heterocycles. The first-order valence-electron chi connectivity index (χ1n) is 13.5. The van der Waals surface area contributed by atoms with Gasteiger partial charge in [0.2, 0.25) is 10.0 Å². The van der Waals surface area contributed by atoms with E-state index in [4.69, 9.17) is 19.3 Å². The average Bonchev–Trinajstić information content (AvgIpc) is 2.96. The number of ether oxygens (including phenoxy) is 3. The van der Waals surface area contributed by atoms with Crippen LogP contribution in [0.2, 0.25) is 0 Å². The number of likely N-dealkylation sites (tertiary alicyclic amines) is 1. The molecule has 0 saturated carbocycles. The van der Waals surface area contributed by atoms with E-state index >= 15 is 0 Å². The first-order chi connectivity index (χ1) is 19.7.